The molecule has 27 heavy (non-hydrogen) atoms. The molecule has 2 aliphatic rings. The van der Waals surface area contributed by atoms with E-state index in [9.17, 15) is 4.79 Å². The van der Waals surface area contributed by atoms with E-state index >= 15 is 0 Å². The fraction of sp³-hybridized carbons (Fsp3) is 0.600. The van der Waals surface area contributed by atoms with Gasteiger partial charge in [0, 0.05) is 25.2 Å². The van der Waals surface area contributed by atoms with Crippen LogP contribution in [0.25, 0.3) is 0 Å². The third-order valence-electron chi connectivity index (χ3n) is 5.67. The Kier molecular flexibility index (Phi) is 4.82. The maximum absolute atomic E-state index is 12.8. The molecule has 0 N–H and O–H groups in total. The molecule has 0 radical (unpaired) electrons. The van der Waals surface area contributed by atoms with Crippen LogP contribution in [0.15, 0.2) is 21.1 Å². The Balaban J connectivity index is 1.46. The van der Waals surface area contributed by atoms with Crippen LogP contribution in [0.5, 0.6) is 0 Å². The summed E-state index contributed by atoms with van der Waals surface area (Å²) in [4.78, 5) is 17.1. The van der Waals surface area contributed by atoms with Gasteiger partial charge < -0.3 is 18.6 Å². The highest BCUT2D eigenvalue weighted by Crippen LogP contribution is 2.31. The van der Waals surface area contributed by atoms with E-state index in [4.69, 9.17) is 13.7 Å². The topological polar surface area (TPSA) is 72.0 Å². The molecule has 0 saturated carbocycles. The van der Waals surface area contributed by atoms with Crippen molar-refractivity contribution in [1.29, 1.82) is 0 Å². The van der Waals surface area contributed by atoms with E-state index in [0.29, 0.717) is 25.5 Å². The summed E-state index contributed by atoms with van der Waals surface area (Å²) in [6.07, 6.45) is 2.01. The molecule has 146 valence electrons. The molecule has 2 aliphatic heterocycles. The van der Waals surface area contributed by atoms with Gasteiger partial charge in [-0.05, 0) is 52.3 Å². The highest BCUT2D eigenvalue weighted by molar-refractivity contribution is 5.91. The zero-order valence-corrected chi connectivity index (χ0v) is 16.3. The summed E-state index contributed by atoms with van der Waals surface area (Å²) in [5, 5.41) is 4.06. The van der Waals surface area contributed by atoms with Crippen molar-refractivity contribution in [3.05, 3.63) is 40.7 Å². The second-order valence-corrected chi connectivity index (χ2v) is 7.79. The summed E-state index contributed by atoms with van der Waals surface area (Å²) in [5.74, 6) is 1.99. The molecule has 1 amide bonds. The second-order valence-electron chi connectivity index (χ2n) is 7.79. The van der Waals surface area contributed by atoms with Crippen molar-refractivity contribution >= 4 is 5.91 Å². The zero-order chi connectivity index (χ0) is 19.0. The molecular formula is C20H27N3O4. The number of carbonyl (C=O) groups excluding carboxylic acids is 1. The first-order chi connectivity index (χ1) is 13.0. The number of furan rings is 1. The van der Waals surface area contributed by atoms with Crippen molar-refractivity contribution in [2.75, 3.05) is 32.8 Å². The van der Waals surface area contributed by atoms with E-state index in [2.05, 4.69) is 10.1 Å². The van der Waals surface area contributed by atoms with Gasteiger partial charge >= 0.3 is 0 Å². The second kappa shape index (κ2) is 7.13. The fourth-order valence-electron chi connectivity index (χ4n) is 4.25. The summed E-state index contributed by atoms with van der Waals surface area (Å²) in [5.41, 5.74) is 1.79. The van der Waals surface area contributed by atoms with Gasteiger partial charge in [0.15, 0.2) is 5.76 Å². The Morgan fingerprint density at radius 1 is 1.22 bits per heavy atom. The smallest absolute Gasteiger partial charge is 0.289 e. The number of aromatic nitrogens is 1. The maximum Gasteiger partial charge on any atom is 0.289 e. The first-order valence-electron chi connectivity index (χ1n) is 9.60. The van der Waals surface area contributed by atoms with Gasteiger partial charge in [-0.25, -0.2) is 0 Å². The van der Waals surface area contributed by atoms with Crippen LogP contribution in [0.2, 0.25) is 0 Å². The summed E-state index contributed by atoms with van der Waals surface area (Å²) in [6, 6.07) is 3.58. The molecule has 2 aromatic rings. The number of rotatable bonds is 3. The molecule has 2 saturated heterocycles. The van der Waals surface area contributed by atoms with Gasteiger partial charge in [-0.2, -0.15) is 0 Å². The van der Waals surface area contributed by atoms with Crippen molar-refractivity contribution in [1.82, 2.24) is 15.0 Å². The van der Waals surface area contributed by atoms with Crippen molar-refractivity contribution < 1.29 is 18.5 Å². The van der Waals surface area contributed by atoms with E-state index in [0.717, 1.165) is 55.3 Å². The number of hydrogen-bond acceptors (Lipinski definition) is 6. The third kappa shape index (κ3) is 3.66. The average molecular weight is 373 g/mol. The largest absolute Gasteiger partial charge is 0.456 e. The molecule has 1 atom stereocenters. The Morgan fingerprint density at radius 2 is 2.07 bits per heavy atom. The number of amides is 1. The Hall–Kier alpha value is -2.12. The minimum Gasteiger partial charge on any atom is -0.456 e. The highest BCUT2D eigenvalue weighted by Gasteiger charge is 2.42. The van der Waals surface area contributed by atoms with E-state index < -0.39 is 0 Å². The molecular weight excluding hydrogens is 346 g/mol. The number of nitrogens with zero attached hydrogens (tertiary/aromatic N) is 3. The molecule has 7 nitrogen and oxygen atoms in total. The van der Waals surface area contributed by atoms with Crippen molar-refractivity contribution in [3.8, 4) is 0 Å². The average Bonchev–Trinajstić information content (AvgIpc) is 3.22. The molecule has 0 aliphatic carbocycles. The van der Waals surface area contributed by atoms with Crippen LogP contribution in [0.3, 0.4) is 0 Å². The van der Waals surface area contributed by atoms with E-state index in [1.54, 1.807) is 6.07 Å². The summed E-state index contributed by atoms with van der Waals surface area (Å²) < 4.78 is 17.1. The number of ether oxygens (including phenoxy) is 1. The van der Waals surface area contributed by atoms with E-state index in [-0.39, 0.29) is 11.5 Å². The lowest BCUT2D eigenvalue weighted by Gasteiger charge is -2.48. The van der Waals surface area contributed by atoms with E-state index in [1.165, 1.54) is 0 Å². The van der Waals surface area contributed by atoms with Gasteiger partial charge in [-0.3, -0.25) is 9.69 Å². The normalized spacial score (nSPS) is 23.9. The SMILES string of the molecule is Cc1ccc(C(=O)N2CCOC3(CCCN(Cc4c(C)noc4C)C3)C2)o1. The first kappa shape index (κ1) is 18.3. The minimum absolute atomic E-state index is 0.0476. The number of likely N-dealkylation sites (tertiary alicyclic amines) is 1. The minimum atomic E-state index is -0.313. The van der Waals surface area contributed by atoms with Crippen LogP contribution in [-0.4, -0.2) is 59.3 Å². The number of aryl methyl sites for hydroxylation is 3. The number of hydrogen-bond donors (Lipinski definition) is 0. The molecule has 2 aromatic heterocycles. The van der Waals surface area contributed by atoms with Crippen molar-refractivity contribution in [2.24, 2.45) is 0 Å². The van der Waals surface area contributed by atoms with Crippen molar-refractivity contribution in [2.45, 2.75) is 45.8 Å². The molecule has 0 bridgehead atoms. The molecule has 1 unspecified atom stereocenters. The first-order valence-corrected chi connectivity index (χ1v) is 9.60. The predicted octanol–water partition coefficient (Wildman–Crippen LogP) is 2.70. The zero-order valence-electron chi connectivity index (χ0n) is 16.3. The monoisotopic (exact) mass is 373 g/mol. The standard InChI is InChI=1S/C20H27N3O4/c1-14-5-6-18(26-14)19(24)23-9-10-25-20(13-23)7-4-8-22(12-20)11-17-15(2)21-27-16(17)3/h5-6H,4,7-13H2,1-3H3. The van der Waals surface area contributed by atoms with Crippen LogP contribution in [-0.2, 0) is 11.3 Å². The van der Waals surface area contributed by atoms with Crippen molar-refractivity contribution in [3.63, 3.8) is 0 Å². The molecule has 4 rings (SSSR count). The quantitative estimate of drug-likeness (QED) is 0.824. The fourth-order valence-corrected chi connectivity index (χ4v) is 4.25. The predicted molar refractivity (Wildman–Crippen MR) is 98.5 cm³/mol. The Morgan fingerprint density at radius 3 is 2.78 bits per heavy atom. The summed E-state index contributed by atoms with van der Waals surface area (Å²) in [6.45, 7) is 10.2. The molecule has 2 fully saturated rings. The lowest BCUT2D eigenvalue weighted by molar-refractivity contribution is -0.133. The van der Waals surface area contributed by atoms with Gasteiger partial charge in [0.2, 0.25) is 0 Å². The highest BCUT2D eigenvalue weighted by atomic mass is 16.5. The lowest BCUT2D eigenvalue weighted by Crippen LogP contribution is -2.60. The summed E-state index contributed by atoms with van der Waals surface area (Å²) >= 11 is 0. The Bertz CT molecular complexity index is 804. The van der Waals surface area contributed by atoms with Crippen LogP contribution < -0.4 is 0 Å². The Labute approximate surface area is 159 Å². The molecule has 4 heterocycles. The van der Waals surface area contributed by atoms with Gasteiger partial charge in [-0.15, -0.1) is 0 Å². The number of carbonyl (C=O) groups is 1. The number of morpholine rings is 1. The number of piperidine rings is 1. The van der Waals surface area contributed by atoms with E-state index in [1.807, 2.05) is 31.7 Å². The maximum atomic E-state index is 12.8. The third-order valence-corrected chi connectivity index (χ3v) is 5.67. The lowest BCUT2D eigenvalue weighted by atomic mass is 9.90. The van der Waals surface area contributed by atoms with Crippen LogP contribution in [0, 0.1) is 20.8 Å². The van der Waals surface area contributed by atoms with Gasteiger partial charge in [0.25, 0.3) is 5.91 Å². The molecule has 0 aromatic carbocycles. The van der Waals surface area contributed by atoms with Gasteiger partial charge in [0.05, 0.1) is 24.4 Å². The molecule has 1 spiro atoms. The van der Waals surface area contributed by atoms with Crippen LogP contribution in [0.1, 0.15) is 46.2 Å². The van der Waals surface area contributed by atoms with Gasteiger partial charge in [0.1, 0.15) is 11.5 Å². The molecule has 7 heteroatoms. The van der Waals surface area contributed by atoms with Crippen LogP contribution in [0.4, 0.5) is 0 Å². The van der Waals surface area contributed by atoms with Gasteiger partial charge in [-0.1, -0.05) is 5.16 Å². The summed E-state index contributed by atoms with van der Waals surface area (Å²) in [7, 11) is 0. The van der Waals surface area contributed by atoms with Crippen LogP contribution >= 0.6 is 0 Å².